The van der Waals surface area contributed by atoms with Crippen LogP contribution in [0.2, 0.25) is 0 Å². The minimum Gasteiger partial charge on any atom is -0.477 e. The van der Waals surface area contributed by atoms with Gasteiger partial charge in [-0.15, -0.1) is 0 Å². The predicted octanol–water partition coefficient (Wildman–Crippen LogP) is 3.82. The number of ether oxygens (including phenoxy) is 1. The quantitative estimate of drug-likeness (QED) is 0.559. The number of aromatic carboxylic acids is 1. The first-order valence-corrected chi connectivity index (χ1v) is 13.0. The maximum atomic E-state index is 13.6. The number of hydrogen-bond donors (Lipinski definition) is 1. The van der Waals surface area contributed by atoms with E-state index in [0.717, 1.165) is 81.7 Å². The van der Waals surface area contributed by atoms with Crippen molar-refractivity contribution in [3.8, 4) is 5.69 Å². The van der Waals surface area contributed by atoms with E-state index in [-0.39, 0.29) is 11.5 Å². The Kier molecular flexibility index (Phi) is 6.45. The second-order valence-electron chi connectivity index (χ2n) is 10.2. The Morgan fingerprint density at radius 3 is 2.42 bits per heavy atom. The van der Waals surface area contributed by atoms with Gasteiger partial charge in [-0.3, -0.25) is 9.80 Å². The van der Waals surface area contributed by atoms with Gasteiger partial charge in [0.25, 0.3) is 0 Å². The third-order valence-corrected chi connectivity index (χ3v) is 8.04. The Bertz CT molecular complexity index is 1240. The molecule has 1 aromatic carbocycles. The van der Waals surface area contributed by atoms with Crippen LogP contribution in [0.15, 0.2) is 30.3 Å². The lowest BCUT2D eigenvalue weighted by Crippen LogP contribution is -2.48. The molecule has 190 valence electrons. The first-order valence-electron chi connectivity index (χ1n) is 13.0. The minimum atomic E-state index is -1.05. The Labute approximate surface area is 209 Å². The van der Waals surface area contributed by atoms with E-state index < -0.39 is 5.97 Å². The molecule has 8 nitrogen and oxygen atoms in total. The zero-order chi connectivity index (χ0) is 24.6. The molecular weight excluding hydrogens is 461 g/mol. The van der Waals surface area contributed by atoms with Gasteiger partial charge >= 0.3 is 5.97 Å². The molecule has 0 amide bonds. The second-order valence-corrected chi connectivity index (χ2v) is 10.2. The molecule has 3 aliphatic rings. The third-order valence-electron chi connectivity index (χ3n) is 8.04. The number of carboxylic acid groups (broad SMARTS) is 1. The predicted molar refractivity (Wildman–Crippen MR) is 133 cm³/mol. The summed E-state index contributed by atoms with van der Waals surface area (Å²) in [5.41, 5.74) is 3.20. The number of likely N-dealkylation sites (tertiary alicyclic amines) is 1. The molecule has 1 saturated carbocycles. The molecule has 4 heterocycles. The van der Waals surface area contributed by atoms with Gasteiger partial charge in [-0.25, -0.2) is 18.9 Å². The number of rotatable bonds is 6. The van der Waals surface area contributed by atoms with Crippen LogP contribution in [0.4, 0.5) is 4.39 Å². The Hall–Kier alpha value is -2.88. The van der Waals surface area contributed by atoms with Gasteiger partial charge in [-0.1, -0.05) is 6.42 Å². The van der Waals surface area contributed by atoms with Crippen LogP contribution >= 0.6 is 0 Å². The first kappa shape index (κ1) is 23.5. The molecule has 2 aliphatic heterocycles. The molecule has 6 rings (SSSR count). The summed E-state index contributed by atoms with van der Waals surface area (Å²) in [6, 6.07) is 8.44. The lowest BCUT2D eigenvalue weighted by molar-refractivity contribution is 0.000256. The summed E-state index contributed by atoms with van der Waals surface area (Å²) >= 11 is 0. The molecule has 0 unspecified atom stereocenters. The van der Waals surface area contributed by atoms with Gasteiger partial charge in [-0.05, 0) is 74.7 Å². The van der Waals surface area contributed by atoms with Crippen molar-refractivity contribution in [2.24, 2.45) is 0 Å². The van der Waals surface area contributed by atoms with Crippen LogP contribution in [0, 0.1) is 5.82 Å². The van der Waals surface area contributed by atoms with E-state index in [1.54, 1.807) is 22.9 Å². The number of carbonyl (C=O) groups is 1. The molecular formula is C27H32FN5O3. The van der Waals surface area contributed by atoms with Crippen molar-refractivity contribution in [2.75, 3.05) is 39.4 Å². The van der Waals surface area contributed by atoms with E-state index in [1.165, 1.54) is 18.6 Å². The molecule has 2 saturated heterocycles. The molecule has 1 N–H and O–H groups in total. The standard InChI is InChI=1S/C27H32FN5O3/c28-20-4-6-22(7-5-20)33-26-24(25(30-33)18-2-1-3-18)19(16-23(29-26)27(34)35)17-31-10-8-21(9-11-31)32-12-14-36-15-13-32/h4-7,16,18,21H,1-3,8-15,17H2,(H,34,35). The van der Waals surface area contributed by atoms with Crippen molar-refractivity contribution in [1.82, 2.24) is 24.6 Å². The maximum absolute atomic E-state index is 13.6. The molecule has 36 heavy (non-hydrogen) atoms. The number of hydrogen-bond acceptors (Lipinski definition) is 6. The van der Waals surface area contributed by atoms with Gasteiger partial charge in [0.05, 0.1) is 24.6 Å². The lowest BCUT2D eigenvalue weighted by Gasteiger charge is -2.40. The van der Waals surface area contributed by atoms with Crippen LogP contribution in [-0.2, 0) is 11.3 Å². The van der Waals surface area contributed by atoms with Crippen molar-refractivity contribution < 1.29 is 19.0 Å². The van der Waals surface area contributed by atoms with Crippen LogP contribution in [0.3, 0.4) is 0 Å². The van der Waals surface area contributed by atoms with E-state index in [4.69, 9.17) is 9.84 Å². The summed E-state index contributed by atoms with van der Waals surface area (Å²) in [6.07, 6.45) is 5.51. The smallest absolute Gasteiger partial charge is 0.354 e. The normalized spacial score (nSPS) is 20.6. The van der Waals surface area contributed by atoms with Gasteiger partial charge in [0.2, 0.25) is 0 Å². The van der Waals surface area contributed by atoms with E-state index in [2.05, 4.69) is 14.8 Å². The van der Waals surface area contributed by atoms with Gasteiger partial charge in [0.15, 0.2) is 11.3 Å². The van der Waals surface area contributed by atoms with E-state index in [9.17, 15) is 14.3 Å². The van der Waals surface area contributed by atoms with Crippen molar-refractivity contribution in [1.29, 1.82) is 0 Å². The number of pyridine rings is 1. The Morgan fingerprint density at radius 1 is 1.06 bits per heavy atom. The van der Waals surface area contributed by atoms with Crippen molar-refractivity contribution >= 4 is 17.0 Å². The fourth-order valence-corrected chi connectivity index (χ4v) is 5.81. The number of benzene rings is 1. The maximum Gasteiger partial charge on any atom is 0.354 e. The van der Waals surface area contributed by atoms with E-state index >= 15 is 0 Å². The van der Waals surface area contributed by atoms with Crippen LogP contribution in [0.25, 0.3) is 16.7 Å². The molecule has 2 aromatic heterocycles. The number of morpholine rings is 1. The number of halogens is 1. The molecule has 0 atom stereocenters. The topological polar surface area (TPSA) is 83.7 Å². The summed E-state index contributed by atoms with van der Waals surface area (Å²) < 4.78 is 20.8. The van der Waals surface area contributed by atoms with Crippen LogP contribution in [-0.4, -0.2) is 81.1 Å². The highest BCUT2D eigenvalue weighted by Gasteiger charge is 2.31. The van der Waals surface area contributed by atoms with Crippen LogP contribution < -0.4 is 0 Å². The van der Waals surface area contributed by atoms with Crippen molar-refractivity contribution in [2.45, 2.75) is 50.6 Å². The zero-order valence-corrected chi connectivity index (χ0v) is 20.4. The largest absolute Gasteiger partial charge is 0.477 e. The highest BCUT2D eigenvalue weighted by atomic mass is 19.1. The van der Waals surface area contributed by atoms with Crippen molar-refractivity contribution in [3.63, 3.8) is 0 Å². The SMILES string of the molecule is O=C(O)c1cc(CN2CCC(N3CCOCC3)CC2)c2c(C3CCC3)nn(-c3ccc(F)cc3)c2n1. The minimum absolute atomic E-state index is 0.0177. The highest BCUT2D eigenvalue weighted by Crippen LogP contribution is 2.41. The molecule has 0 radical (unpaired) electrons. The summed E-state index contributed by atoms with van der Waals surface area (Å²) in [6.45, 7) is 6.25. The van der Waals surface area contributed by atoms with Crippen molar-refractivity contribution in [3.05, 3.63) is 53.1 Å². The van der Waals surface area contributed by atoms with Crippen LogP contribution in [0.5, 0.6) is 0 Å². The third kappa shape index (κ3) is 4.51. The van der Waals surface area contributed by atoms with E-state index in [0.29, 0.717) is 29.8 Å². The average Bonchev–Trinajstić information content (AvgIpc) is 3.23. The zero-order valence-electron chi connectivity index (χ0n) is 20.4. The number of aromatic nitrogens is 3. The lowest BCUT2D eigenvalue weighted by atomic mass is 9.81. The Morgan fingerprint density at radius 2 is 1.78 bits per heavy atom. The molecule has 9 heteroatoms. The fraction of sp³-hybridized carbons (Fsp3) is 0.519. The number of fused-ring (bicyclic) bond motifs is 1. The molecule has 3 aromatic rings. The van der Waals surface area contributed by atoms with Gasteiger partial charge < -0.3 is 9.84 Å². The number of piperidine rings is 1. The van der Waals surface area contributed by atoms with Gasteiger partial charge in [0.1, 0.15) is 5.82 Å². The first-order chi connectivity index (χ1) is 17.6. The molecule has 0 spiro atoms. The highest BCUT2D eigenvalue weighted by molar-refractivity contribution is 5.92. The second kappa shape index (κ2) is 9.88. The summed E-state index contributed by atoms with van der Waals surface area (Å²) in [4.78, 5) is 21.5. The molecule has 3 fully saturated rings. The fourth-order valence-electron chi connectivity index (χ4n) is 5.81. The molecule has 0 bridgehead atoms. The van der Waals surface area contributed by atoms with Gasteiger partial charge in [-0.2, -0.15) is 5.10 Å². The summed E-state index contributed by atoms with van der Waals surface area (Å²) in [5.74, 6) is -1.03. The molecule has 1 aliphatic carbocycles. The number of carboxylic acids is 1. The average molecular weight is 494 g/mol. The summed E-state index contributed by atoms with van der Waals surface area (Å²) in [5, 5.41) is 15.8. The number of nitrogens with zero attached hydrogens (tertiary/aromatic N) is 5. The monoisotopic (exact) mass is 493 g/mol. The summed E-state index contributed by atoms with van der Waals surface area (Å²) in [7, 11) is 0. The Balaban J connectivity index is 1.35. The van der Waals surface area contributed by atoms with Gasteiger partial charge in [0, 0.05) is 37.0 Å². The van der Waals surface area contributed by atoms with Crippen LogP contribution in [0.1, 0.15) is 59.8 Å². The van der Waals surface area contributed by atoms with E-state index in [1.807, 2.05) is 0 Å².